The molecule has 3 fully saturated rings. The van der Waals surface area contributed by atoms with Gasteiger partial charge in [0.2, 0.25) is 5.91 Å². The topological polar surface area (TPSA) is 40.6 Å². The van der Waals surface area contributed by atoms with Gasteiger partial charge in [-0.1, -0.05) is 12.1 Å². The van der Waals surface area contributed by atoms with E-state index in [1.54, 1.807) is 11.8 Å². The number of benzene rings is 1. The zero-order chi connectivity index (χ0) is 17.4. The second-order valence-electron chi connectivity index (χ2n) is 7.76. The summed E-state index contributed by atoms with van der Waals surface area (Å²) in [6.07, 6.45) is 7.36. The monoisotopic (exact) mass is 358 g/mol. The predicted molar refractivity (Wildman–Crippen MR) is 99.7 cm³/mol. The molecular weight excluding hydrogens is 332 g/mol. The molecule has 0 unspecified atom stereocenters. The summed E-state index contributed by atoms with van der Waals surface area (Å²) in [5.41, 5.74) is 0.446. The third-order valence-corrected chi connectivity index (χ3v) is 6.77. The molecule has 4 nitrogen and oxygen atoms in total. The molecule has 1 atom stereocenters. The minimum Gasteiger partial charge on any atom is -0.342 e. The van der Waals surface area contributed by atoms with Gasteiger partial charge in [0, 0.05) is 31.1 Å². The van der Waals surface area contributed by atoms with Gasteiger partial charge in [-0.05, 0) is 56.4 Å². The van der Waals surface area contributed by atoms with Crippen molar-refractivity contribution in [2.24, 2.45) is 11.3 Å². The molecule has 4 rings (SSSR count). The fourth-order valence-corrected chi connectivity index (χ4v) is 4.94. The summed E-state index contributed by atoms with van der Waals surface area (Å²) >= 11 is 1.60. The van der Waals surface area contributed by atoms with Gasteiger partial charge in [0.1, 0.15) is 0 Å². The molecule has 0 bridgehead atoms. The summed E-state index contributed by atoms with van der Waals surface area (Å²) in [5, 5.41) is 0. The van der Waals surface area contributed by atoms with E-state index in [1.807, 2.05) is 35.4 Å². The standard InChI is InChI=1S/C20H26N2O2S/c1-25-17-6-3-2-5-16(17)18(23)22-12-10-20(14-22)9-4-11-21(19(20)24)13-15-7-8-15/h2-3,5-6,15H,4,7-14H2,1H3/t20-/m1/s1. The molecule has 2 saturated heterocycles. The van der Waals surface area contributed by atoms with Gasteiger partial charge in [0.25, 0.3) is 5.91 Å². The van der Waals surface area contributed by atoms with Crippen molar-refractivity contribution < 1.29 is 9.59 Å². The van der Waals surface area contributed by atoms with Crippen LogP contribution >= 0.6 is 11.8 Å². The number of piperidine rings is 1. The zero-order valence-corrected chi connectivity index (χ0v) is 15.7. The summed E-state index contributed by atoms with van der Waals surface area (Å²) in [7, 11) is 0. The molecule has 5 heteroatoms. The van der Waals surface area contributed by atoms with E-state index >= 15 is 0 Å². The summed E-state index contributed by atoms with van der Waals surface area (Å²) in [4.78, 5) is 31.2. The number of rotatable bonds is 4. The lowest BCUT2D eigenvalue weighted by Gasteiger charge is -2.39. The van der Waals surface area contributed by atoms with Crippen molar-refractivity contribution in [2.75, 3.05) is 32.4 Å². The Morgan fingerprint density at radius 1 is 1.24 bits per heavy atom. The fourth-order valence-electron chi connectivity index (χ4n) is 4.35. The Balaban J connectivity index is 1.50. The van der Waals surface area contributed by atoms with E-state index in [0.717, 1.165) is 48.7 Å². The number of nitrogens with zero attached hydrogens (tertiary/aromatic N) is 2. The van der Waals surface area contributed by atoms with Crippen LogP contribution in [0, 0.1) is 11.3 Å². The normalized spacial score (nSPS) is 26.5. The molecule has 1 aromatic rings. The van der Waals surface area contributed by atoms with E-state index in [4.69, 9.17) is 0 Å². The van der Waals surface area contributed by atoms with E-state index in [-0.39, 0.29) is 11.3 Å². The third-order valence-electron chi connectivity index (χ3n) is 5.98. The van der Waals surface area contributed by atoms with Crippen LogP contribution < -0.4 is 0 Å². The van der Waals surface area contributed by atoms with Crippen LogP contribution in [0.4, 0.5) is 0 Å². The lowest BCUT2D eigenvalue weighted by molar-refractivity contribution is -0.145. The van der Waals surface area contributed by atoms with Crippen LogP contribution in [-0.4, -0.2) is 54.0 Å². The molecule has 3 aliphatic rings. The van der Waals surface area contributed by atoms with Crippen LogP contribution in [0.3, 0.4) is 0 Å². The Kier molecular flexibility index (Phi) is 4.52. The Morgan fingerprint density at radius 2 is 2.04 bits per heavy atom. The number of thioether (sulfide) groups is 1. The third kappa shape index (κ3) is 3.19. The van der Waals surface area contributed by atoms with Gasteiger partial charge in [-0.15, -0.1) is 11.8 Å². The smallest absolute Gasteiger partial charge is 0.255 e. The van der Waals surface area contributed by atoms with Gasteiger partial charge < -0.3 is 9.80 Å². The first-order chi connectivity index (χ1) is 12.1. The largest absolute Gasteiger partial charge is 0.342 e. The van der Waals surface area contributed by atoms with E-state index in [2.05, 4.69) is 4.90 Å². The van der Waals surface area contributed by atoms with Gasteiger partial charge in [-0.25, -0.2) is 0 Å². The molecule has 0 N–H and O–H groups in total. The first-order valence-electron chi connectivity index (χ1n) is 9.35. The number of amides is 2. The molecular formula is C20H26N2O2S. The average molecular weight is 359 g/mol. The lowest BCUT2D eigenvalue weighted by atomic mass is 9.78. The maximum Gasteiger partial charge on any atom is 0.255 e. The van der Waals surface area contributed by atoms with Crippen molar-refractivity contribution in [1.82, 2.24) is 9.80 Å². The highest BCUT2D eigenvalue weighted by Crippen LogP contribution is 2.42. The van der Waals surface area contributed by atoms with E-state index in [9.17, 15) is 9.59 Å². The van der Waals surface area contributed by atoms with Gasteiger partial charge in [0.05, 0.1) is 11.0 Å². The maximum absolute atomic E-state index is 13.1. The second-order valence-corrected chi connectivity index (χ2v) is 8.60. The highest BCUT2D eigenvalue weighted by Gasteiger charge is 2.50. The highest BCUT2D eigenvalue weighted by molar-refractivity contribution is 7.98. The molecule has 1 saturated carbocycles. The molecule has 1 aromatic carbocycles. The fraction of sp³-hybridized carbons (Fsp3) is 0.600. The Labute approximate surface area is 153 Å². The minimum atomic E-state index is -0.322. The number of hydrogen-bond acceptors (Lipinski definition) is 3. The summed E-state index contributed by atoms with van der Waals surface area (Å²) in [6.45, 7) is 3.13. The quantitative estimate of drug-likeness (QED) is 0.776. The SMILES string of the molecule is CSc1ccccc1C(=O)N1CC[C@]2(CCCN(CC3CC3)C2=O)C1. The van der Waals surface area contributed by atoms with Gasteiger partial charge in [-0.3, -0.25) is 9.59 Å². The van der Waals surface area contributed by atoms with Crippen molar-refractivity contribution in [3.8, 4) is 0 Å². The first kappa shape index (κ1) is 17.0. The molecule has 2 aliphatic heterocycles. The molecule has 0 aromatic heterocycles. The van der Waals surface area contributed by atoms with Crippen LogP contribution in [0.15, 0.2) is 29.2 Å². The molecule has 0 radical (unpaired) electrons. The Hall–Kier alpha value is -1.49. The summed E-state index contributed by atoms with van der Waals surface area (Å²) < 4.78 is 0. The van der Waals surface area contributed by atoms with Gasteiger partial charge >= 0.3 is 0 Å². The highest BCUT2D eigenvalue weighted by atomic mass is 32.2. The maximum atomic E-state index is 13.1. The predicted octanol–water partition coefficient (Wildman–Crippen LogP) is 3.27. The molecule has 1 aliphatic carbocycles. The van der Waals surface area contributed by atoms with Crippen molar-refractivity contribution in [2.45, 2.75) is 37.0 Å². The average Bonchev–Trinajstić information content (AvgIpc) is 3.36. The number of carbonyl (C=O) groups excluding carboxylic acids is 2. The Morgan fingerprint density at radius 3 is 2.80 bits per heavy atom. The van der Waals surface area contributed by atoms with Crippen molar-refractivity contribution in [3.05, 3.63) is 29.8 Å². The lowest BCUT2D eigenvalue weighted by Crippen LogP contribution is -2.51. The van der Waals surface area contributed by atoms with Crippen LogP contribution in [0.25, 0.3) is 0 Å². The molecule has 25 heavy (non-hydrogen) atoms. The van der Waals surface area contributed by atoms with Gasteiger partial charge in [-0.2, -0.15) is 0 Å². The molecule has 134 valence electrons. The van der Waals surface area contributed by atoms with Crippen LogP contribution in [0.5, 0.6) is 0 Å². The number of hydrogen-bond donors (Lipinski definition) is 0. The number of likely N-dealkylation sites (tertiary alicyclic amines) is 2. The van der Waals surface area contributed by atoms with Gasteiger partial charge in [0.15, 0.2) is 0 Å². The van der Waals surface area contributed by atoms with Crippen molar-refractivity contribution >= 4 is 23.6 Å². The minimum absolute atomic E-state index is 0.0777. The van der Waals surface area contributed by atoms with Crippen molar-refractivity contribution in [1.29, 1.82) is 0 Å². The van der Waals surface area contributed by atoms with E-state index in [0.29, 0.717) is 19.0 Å². The summed E-state index contributed by atoms with van der Waals surface area (Å²) in [5.74, 6) is 1.11. The first-order valence-corrected chi connectivity index (χ1v) is 10.6. The van der Waals surface area contributed by atoms with Crippen LogP contribution in [0.1, 0.15) is 42.5 Å². The molecule has 2 heterocycles. The summed E-state index contributed by atoms with van der Waals surface area (Å²) in [6, 6.07) is 7.78. The molecule has 1 spiro atoms. The van der Waals surface area contributed by atoms with E-state index < -0.39 is 0 Å². The molecule has 2 amide bonds. The number of carbonyl (C=O) groups is 2. The van der Waals surface area contributed by atoms with E-state index in [1.165, 1.54) is 12.8 Å². The second kappa shape index (κ2) is 6.67. The van der Waals surface area contributed by atoms with Crippen molar-refractivity contribution in [3.63, 3.8) is 0 Å². The van der Waals surface area contributed by atoms with Crippen LogP contribution in [0.2, 0.25) is 0 Å². The Bertz CT molecular complexity index is 688. The van der Waals surface area contributed by atoms with Crippen LogP contribution in [-0.2, 0) is 4.79 Å². The zero-order valence-electron chi connectivity index (χ0n) is 14.9.